The summed E-state index contributed by atoms with van der Waals surface area (Å²) >= 11 is 0. The number of carbonyl (C=O) groups is 2. The highest BCUT2D eigenvalue weighted by atomic mass is 16.5. The molecular weight excluding hydrogens is 310 g/mol. The van der Waals surface area contributed by atoms with Crippen LogP contribution in [0.2, 0.25) is 0 Å². The van der Waals surface area contributed by atoms with Gasteiger partial charge in [-0.2, -0.15) is 0 Å². The monoisotopic (exact) mass is 329 g/mol. The lowest BCUT2D eigenvalue weighted by molar-refractivity contribution is -0.121. The molecule has 0 bridgehead atoms. The van der Waals surface area contributed by atoms with Crippen molar-refractivity contribution < 1.29 is 14.1 Å². The molecule has 0 atom stereocenters. The molecule has 2 N–H and O–H groups in total. The maximum atomic E-state index is 12.2. The van der Waals surface area contributed by atoms with E-state index in [1.54, 1.807) is 42.4 Å². The predicted octanol–water partition coefficient (Wildman–Crippen LogP) is 2.26. The number of rotatable bonds is 3. The second-order valence-electron chi connectivity index (χ2n) is 5.75. The molecule has 0 aliphatic carbocycles. The minimum absolute atomic E-state index is 0.0874. The molecule has 0 unspecified atom stereocenters. The van der Waals surface area contributed by atoms with Crippen LogP contribution in [-0.4, -0.2) is 40.1 Å². The molecule has 24 heavy (non-hydrogen) atoms. The molecule has 1 saturated heterocycles. The molecule has 0 radical (unpaired) electrons. The normalized spacial score (nSPS) is 15.1. The average Bonchev–Trinajstić information content (AvgIpc) is 3.00. The van der Waals surface area contributed by atoms with E-state index in [0.717, 1.165) is 0 Å². The third-order valence-corrected chi connectivity index (χ3v) is 3.95. The maximum absolute atomic E-state index is 12.2. The summed E-state index contributed by atoms with van der Waals surface area (Å²) in [6.07, 6.45) is 4.47. The number of hydrogen-bond acceptors (Lipinski definition) is 5. The number of nitrogens with one attached hydrogen (secondary N) is 2. The first-order valence-electron chi connectivity index (χ1n) is 7.82. The van der Waals surface area contributed by atoms with Gasteiger partial charge in [-0.1, -0.05) is 5.16 Å². The summed E-state index contributed by atoms with van der Waals surface area (Å²) < 4.78 is 4.93. The fourth-order valence-electron chi connectivity index (χ4n) is 2.64. The first-order chi connectivity index (χ1) is 11.6. The van der Waals surface area contributed by atoms with Crippen LogP contribution in [0.3, 0.4) is 0 Å². The van der Waals surface area contributed by atoms with Gasteiger partial charge in [0.25, 0.3) is 0 Å². The van der Waals surface area contributed by atoms with Crippen LogP contribution in [-0.2, 0) is 4.79 Å². The van der Waals surface area contributed by atoms with Crippen molar-refractivity contribution >= 4 is 23.4 Å². The fraction of sp³-hybridized carbons (Fsp3) is 0.375. The van der Waals surface area contributed by atoms with Gasteiger partial charge in [0.05, 0.1) is 11.9 Å². The SMILES string of the molecule is Cc1cc(NC(=O)C2CCN(C(=O)Nc3cccnc3)CC2)no1. The summed E-state index contributed by atoms with van der Waals surface area (Å²) in [6.45, 7) is 2.83. The second kappa shape index (κ2) is 7.12. The van der Waals surface area contributed by atoms with Crippen molar-refractivity contribution in [2.45, 2.75) is 19.8 Å². The summed E-state index contributed by atoms with van der Waals surface area (Å²) in [5, 5.41) is 9.30. The highest BCUT2D eigenvalue weighted by Crippen LogP contribution is 2.20. The lowest BCUT2D eigenvalue weighted by atomic mass is 9.96. The standard InChI is InChI=1S/C16H19N5O3/c1-11-9-14(20-24-11)19-15(22)12-4-7-21(8-5-12)16(23)18-13-3-2-6-17-10-13/h2-3,6,9-10,12H,4-5,7-8H2,1H3,(H,18,23)(H,19,20,22). The highest BCUT2D eigenvalue weighted by molar-refractivity contribution is 5.92. The van der Waals surface area contributed by atoms with E-state index in [1.165, 1.54) is 0 Å². The number of urea groups is 1. The van der Waals surface area contributed by atoms with E-state index in [0.29, 0.717) is 43.2 Å². The quantitative estimate of drug-likeness (QED) is 0.899. The molecule has 2 aromatic heterocycles. The van der Waals surface area contributed by atoms with E-state index < -0.39 is 0 Å². The zero-order chi connectivity index (χ0) is 16.9. The number of anilines is 2. The Kier molecular flexibility index (Phi) is 4.74. The van der Waals surface area contributed by atoms with Crippen molar-refractivity contribution in [2.75, 3.05) is 23.7 Å². The van der Waals surface area contributed by atoms with Gasteiger partial charge in [-0.3, -0.25) is 9.78 Å². The summed E-state index contributed by atoms with van der Waals surface area (Å²) in [5.41, 5.74) is 0.656. The van der Waals surface area contributed by atoms with Gasteiger partial charge < -0.3 is 20.1 Å². The molecule has 1 aliphatic heterocycles. The lowest BCUT2D eigenvalue weighted by Gasteiger charge is -2.31. The molecule has 126 valence electrons. The van der Waals surface area contributed by atoms with Gasteiger partial charge in [0.15, 0.2) is 5.82 Å². The van der Waals surface area contributed by atoms with Crippen molar-refractivity contribution in [3.05, 3.63) is 36.4 Å². The molecule has 1 fully saturated rings. The molecule has 2 aromatic rings. The number of likely N-dealkylation sites (tertiary alicyclic amines) is 1. The van der Waals surface area contributed by atoms with Crippen LogP contribution in [0, 0.1) is 12.8 Å². The predicted molar refractivity (Wildman–Crippen MR) is 87.4 cm³/mol. The number of hydrogen-bond donors (Lipinski definition) is 2. The van der Waals surface area contributed by atoms with Gasteiger partial charge in [-0.25, -0.2) is 4.79 Å². The highest BCUT2D eigenvalue weighted by Gasteiger charge is 2.27. The molecule has 1 aliphatic rings. The Labute approximate surface area is 139 Å². The van der Waals surface area contributed by atoms with Crippen LogP contribution < -0.4 is 10.6 Å². The number of amides is 3. The maximum Gasteiger partial charge on any atom is 0.321 e. The molecular formula is C16H19N5O3. The number of pyridine rings is 1. The van der Waals surface area contributed by atoms with E-state index in [1.807, 2.05) is 0 Å². The number of piperidine rings is 1. The molecule has 3 rings (SSSR count). The van der Waals surface area contributed by atoms with Crippen LogP contribution in [0.4, 0.5) is 16.3 Å². The largest absolute Gasteiger partial charge is 0.360 e. The van der Waals surface area contributed by atoms with Crippen molar-refractivity contribution in [1.29, 1.82) is 0 Å². The zero-order valence-electron chi connectivity index (χ0n) is 13.4. The Morgan fingerprint density at radius 3 is 2.71 bits per heavy atom. The fourth-order valence-corrected chi connectivity index (χ4v) is 2.64. The van der Waals surface area contributed by atoms with Gasteiger partial charge in [0.2, 0.25) is 5.91 Å². The van der Waals surface area contributed by atoms with Crippen LogP contribution in [0.25, 0.3) is 0 Å². The Balaban J connectivity index is 1.48. The third-order valence-electron chi connectivity index (χ3n) is 3.95. The first kappa shape index (κ1) is 16.0. The van der Waals surface area contributed by atoms with E-state index in [-0.39, 0.29) is 17.9 Å². The van der Waals surface area contributed by atoms with E-state index >= 15 is 0 Å². The zero-order valence-corrected chi connectivity index (χ0v) is 13.4. The van der Waals surface area contributed by atoms with Crippen molar-refractivity contribution in [3.8, 4) is 0 Å². The Morgan fingerprint density at radius 1 is 1.29 bits per heavy atom. The van der Waals surface area contributed by atoms with Crippen molar-refractivity contribution in [3.63, 3.8) is 0 Å². The van der Waals surface area contributed by atoms with Gasteiger partial charge in [-0.15, -0.1) is 0 Å². The van der Waals surface area contributed by atoms with E-state index in [2.05, 4.69) is 20.8 Å². The van der Waals surface area contributed by atoms with E-state index in [4.69, 9.17) is 4.52 Å². The van der Waals surface area contributed by atoms with Crippen LogP contribution >= 0.6 is 0 Å². The number of carbonyl (C=O) groups excluding carboxylic acids is 2. The second-order valence-corrected chi connectivity index (χ2v) is 5.75. The smallest absolute Gasteiger partial charge is 0.321 e. The molecule has 0 spiro atoms. The van der Waals surface area contributed by atoms with E-state index in [9.17, 15) is 9.59 Å². The average molecular weight is 329 g/mol. The number of nitrogens with zero attached hydrogens (tertiary/aromatic N) is 3. The summed E-state index contributed by atoms with van der Waals surface area (Å²) in [6, 6.07) is 5.05. The Morgan fingerprint density at radius 2 is 2.08 bits per heavy atom. The minimum Gasteiger partial charge on any atom is -0.360 e. The first-order valence-corrected chi connectivity index (χ1v) is 7.82. The number of aryl methyl sites for hydroxylation is 1. The topological polar surface area (TPSA) is 100 Å². The van der Waals surface area contributed by atoms with Crippen LogP contribution in [0.1, 0.15) is 18.6 Å². The molecule has 3 amide bonds. The number of aromatic nitrogens is 2. The van der Waals surface area contributed by atoms with Gasteiger partial charge in [-0.05, 0) is 31.9 Å². The lowest BCUT2D eigenvalue weighted by Crippen LogP contribution is -2.43. The Bertz CT molecular complexity index is 708. The molecule has 8 nitrogen and oxygen atoms in total. The van der Waals surface area contributed by atoms with Crippen LogP contribution in [0.5, 0.6) is 0 Å². The Hall–Kier alpha value is -2.90. The summed E-state index contributed by atoms with van der Waals surface area (Å²) in [4.78, 5) is 30.1. The van der Waals surface area contributed by atoms with Gasteiger partial charge in [0.1, 0.15) is 5.76 Å². The molecule has 0 aromatic carbocycles. The van der Waals surface area contributed by atoms with Crippen LogP contribution in [0.15, 0.2) is 35.1 Å². The third kappa shape index (κ3) is 3.89. The van der Waals surface area contributed by atoms with Gasteiger partial charge >= 0.3 is 6.03 Å². The molecule has 0 saturated carbocycles. The van der Waals surface area contributed by atoms with Gasteiger partial charge in [0, 0.05) is 31.3 Å². The van der Waals surface area contributed by atoms with Crippen molar-refractivity contribution in [1.82, 2.24) is 15.0 Å². The molecule has 3 heterocycles. The minimum atomic E-state index is -0.172. The van der Waals surface area contributed by atoms with Crippen molar-refractivity contribution in [2.24, 2.45) is 5.92 Å². The summed E-state index contributed by atoms with van der Waals surface area (Å²) in [7, 11) is 0. The summed E-state index contributed by atoms with van der Waals surface area (Å²) in [5.74, 6) is 0.849. The molecule has 8 heteroatoms.